The Kier molecular flexibility index (Phi) is 4.55. The summed E-state index contributed by atoms with van der Waals surface area (Å²) in [6, 6.07) is 11.1. The Morgan fingerprint density at radius 2 is 2.00 bits per heavy atom. The van der Waals surface area contributed by atoms with E-state index >= 15 is 0 Å². The molecule has 0 amide bonds. The highest BCUT2D eigenvalue weighted by molar-refractivity contribution is 5.74. The maximum atomic E-state index is 10.5. The molecule has 0 spiro atoms. The number of nitrogens with two attached hydrogens (primary N) is 1. The minimum atomic E-state index is 0.119. The van der Waals surface area contributed by atoms with Crippen LogP contribution in [0.4, 0.5) is 5.82 Å². The van der Waals surface area contributed by atoms with Gasteiger partial charge in [-0.2, -0.15) is 5.10 Å². The number of hydrogen-bond acceptors (Lipinski definition) is 8. The van der Waals surface area contributed by atoms with Crippen molar-refractivity contribution in [2.45, 2.75) is 12.5 Å². The Labute approximate surface area is 156 Å². The summed E-state index contributed by atoms with van der Waals surface area (Å²) in [5.41, 5.74) is 8.78. The van der Waals surface area contributed by atoms with Gasteiger partial charge in [-0.15, -0.1) is 15.3 Å². The number of aromatic hydroxyl groups is 1. The second-order valence-corrected chi connectivity index (χ2v) is 6.49. The van der Waals surface area contributed by atoms with Crippen LogP contribution >= 0.6 is 0 Å². The van der Waals surface area contributed by atoms with E-state index in [2.05, 4.69) is 25.3 Å². The fourth-order valence-corrected chi connectivity index (χ4v) is 3.17. The third kappa shape index (κ3) is 3.52. The molecule has 1 saturated heterocycles. The van der Waals surface area contributed by atoms with E-state index in [1.807, 2.05) is 24.3 Å². The summed E-state index contributed by atoms with van der Waals surface area (Å²) in [7, 11) is 1.53. The molecule has 8 nitrogen and oxygen atoms in total. The Morgan fingerprint density at radius 3 is 2.67 bits per heavy atom. The molecule has 1 fully saturated rings. The Morgan fingerprint density at radius 1 is 1.11 bits per heavy atom. The number of ether oxygens (including phenoxy) is 1. The van der Waals surface area contributed by atoms with Gasteiger partial charge in [0.15, 0.2) is 5.82 Å². The molecular formula is C19H20N6O2. The van der Waals surface area contributed by atoms with Crippen LogP contribution in [0.5, 0.6) is 11.6 Å². The zero-order chi connectivity index (χ0) is 18.8. The highest BCUT2D eigenvalue weighted by Crippen LogP contribution is 2.33. The molecule has 3 N–H and O–H groups in total. The van der Waals surface area contributed by atoms with Crippen molar-refractivity contribution in [2.24, 2.45) is 5.73 Å². The summed E-state index contributed by atoms with van der Waals surface area (Å²) in [6.45, 7) is 1.68. The van der Waals surface area contributed by atoms with Crippen LogP contribution in [0, 0.1) is 0 Å². The molecular weight excluding hydrogens is 344 g/mol. The minimum Gasteiger partial charge on any atom is -0.507 e. The summed E-state index contributed by atoms with van der Waals surface area (Å²) >= 11 is 0. The normalized spacial score (nSPS) is 16.5. The van der Waals surface area contributed by atoms with E-state index in [0.29, 0.717) is 17.1 Å². The first kappa shape index (κ1) is 17.2. The zero-order valence-corrected chi connectivity index (χ0v) is 14.9. The number of nitrogens with zero attached hydrogens (tertiary/aromatic N) is 5. The van der Waals surface area contributed by atoms with Crippen molar-refractivity contribution >= 4 is 5.82 Å². The van der Waals surface area contributed by atoms with E-state index in [1.54, 1.807) is 18.3 Å². The first-order valence-electron chi connectivity index (χ1n) is 8.69. The molecule has 2 aromatic heterocycles. The van der Waals surface area contributed by atoms with Crippen molar-refractivity contribution in [3.05, 3.63) is 42.6 Å². The number of phenols is 1. The second kappa shape index (κ2) is 7.16. The third-order valence-corrected chi connectivity index (χ3v) is 4.65. The Hall–Kier alpha value is -3.26. The molecule has 1 unspecified atom stereocenters. The average molecular weight is 364 g/mol. The predicted octanol–water partition coefficient (Wildman–Crippen LogP) is 1.85. The van der Waals surface area contributed by atoms with Crippen LogP contribution in [0.2, 0.25) is 0 Å². The molecule has 8 heteroatoms. The van der Waals surface area contributed by atoms with E-state index in [0.717, 1.165) is 36.5 Å². The molecule has 138 valence electrons. The largest absolute Gasteiger partial charge is 0.507 e. The molecule has 3 heterocycles. The van der Waals surface area contributed by atoms with Gasteiger partial charge in [0.25, 0.3) is 0 Å². The van der Waals surface area contributed by atoms with Crippen LogP contribution in [-0.4, -0.2) is 51.7 Å². The van der Waals surface area contributed by atoms with Crippen molar-refractivity contribution in [2.75, 3.05) is 25.1 Å². The number of anilines is 1. The molecule has 0 radical (unpaired) electrons. The maximum absolute atomic E-state index is 10.5. The van der Waals surface area contributed by atoms with Crippen LogP contribution in [0.3, 0.4) is 0 Å². The van der Waals surface area contributed by atoms with Gasteiger partial charge in [0.05, 0.1) is 19.0 Å². The topological polar surface area (TPSA) is 110 Å². The van der Waals surface area contributed by atoms with Crippen molar-refractivity contribution < 1.29 is 9.84 Å². The van der Waals surface area contributed by atoms with Crippen LogP contribution in [-0.2, 0) is 0 Å². The quantitative estimate of drug-likeness (QED) is 0.722. The molecule has 0 aliphatic carbocycles. The number of hydrogen-bond donors (Lipinski definition) is 2. The standard InChI is InChI=1S/C19H20N6O2/c1-27-19-9-13(10-21-24-19)12-2-3-15(17(26)8-12)16-4-5-18(23-22-16)25-7-6-14(20)11-25/h2-5,8-10,14,26H,6-7,11,20H2,1H3. The summed E-state index contributed by atoms with van der Waals surface area (Å²) in [5.74, 6) is 1.34. The zero-order valence-electron chi connectivity index (χ0n) is 14.9. The number of benzene rings is 1. The summed E-state index contributed by atoms with van der Waals surface area (Å²) in [6.07, 6.45) is 2.58. The van der Waals surface area contributed by atoms with Gasteiger partial charge in [-0.25, -0.2) is 0 Å². The van der Waals surface area contributed by atoms with Crippen LogP contribution < -0.4 is 15.4 Å². The summed E-state index contributed by atoms with van der Waals surface area (Å²) in [4.78, 5) is 2.12. The van der Waals surface area contributed by atoms with Crippen molar-refractivity contribution in [1.29, 1.82) is 0 Å². The number of aromatic nitrogens is 4. The van der Waals surface area contributed by atoms with Gasteiger partial charge < -0.3 is 20.5 Å². The van der Waals surface area contributed by atoms with Gasteiger partial charge in [0.1, 0.15) is 5.75 Å². The number of phenolic OH excluding ortho intramolecular Hbond substituents is 1. The van der Waals surface area contributed by atoms with E-state index < -0.39 is 0 Å². The smallest absolute Gasteiger partial charge is 0.233 e. The molecule has 1 aliphatic heterocycles. The minimum absolute atomic E-state index is 0.119. The highest BCUT2D eigenvalue weighted by Gasteiger charge is 2.20. The molecule has 3 aromatic rings. The van der Waals surface area contributed by atoms with Crippen molar-refractivity contribution in [1.82, 2.24) is 20.4 Å². The summed E-state index contributed by atoms with van der Waals surface area (Å²) in [5, 5.41) is 26.8. The van der Waals surface area contributed by atoms with Crippen molar-refractivity contribution in [3.63, 3.8) is 0 Å². The first-order valence-corrected chi connectivity index (χ1v) is 8.69. The fraction of sp³-hybridized carbons (Fsp3) is 0.263. The van der Waals surface area contributed by atoms with E-state index in [1.165, 1.54) is 7.11 Å². The highest BCUT2D eigenvalue weighted by atomic mass is 16.5. The predicted molar refractivity (Wildman–Crippen MR) is 102 cm³/mol. The third-order valence-electron chi connectivity index (χ3n) is 4.65. The lowest BCUT2D eigenvalue weighted by molar-refractivity contribution is 0.392. The van der Waals surface area contributed by atoms with Gasteiger partial charge >= 0.3 is 0 Å². The maximum Gasteiger partial charge on any atom is 0.233 e. The molecule has 1 atom stereocenters. The monoisotopic (exact) mass is 364 g/mol. The van der Waals surface area contributed by atoms with Crippen LogP contribution in [0.1, 0.15) is 6.42 Å². The van der Waals surface area contributed by atoms with Gasteiger partial charge in [0, 0.05) is 36.3 Å². The second-order valence-electron chi connectivity index (χ2n) is 6.49. The van der Waals surface area contributed by atoms with Gasteiger partial charge in [0.2, 0.25) is 5.88 Å². The van der Waals surface area contributed by atoms with Gasteiger partial charge in [-0.1, -0.05) is 6.07 Å². The van der Waals surface area contributed by atoms with E-state index in [4.69, 9.17) is 10.5 Å². The molecule has 1 aliphatic rings. The number of rotatable bonds is 4. The fourth-order valence-electron chi connectivity index (χ4n) is 3.17. The molecule has 0 saturated carbocycles. The summed E-state index contributed by atoms with van der Waals surface area (Å²) < 4.78 is 5.09. The lowest BCUT2D eigenvalue weighted by Gasteiger charge is -2.16. The SMILES string of the molecule is COc1cc(-c2ccc(-c3ccc(N4CCC(N)C4)nn3)c(O)c2)cnn1. The number of methoxy groups -OCH3 is 1. The molecule has 4 rings (SSSR count). The Balaban J connectivity index is 1.59. The average Bonchev–Trinajstić information content (AvgIpc) is 3.14. The lowest BCUT2D eigenvalue weighted by Crippen LogP contribution is -2.27. The van der Waals surface area contributed by atoms with Crippen LogP contribution in [0.25, 0.3) is 22.4 Å². The van der Waals surface area contributed by atoms with E-state index in [9.17, 15) is 5.11 Å². The Bertz CT molecular complexity index is 947. The molecule has 0 bridgehead atoms. The lowest BCUT2D eigenvalue weighted by atomic mass is 10.0. The van der Waals surface area contributed by atoms with E-state index in [-0.39, 0.29) is 11.8 Å². The van der Waals surface area contributed by atoms with Crippen LogP contribution in [0.15, 0.2) is 42.6 Å². The van der Waals surface area contributed by atoms with Gasteiger partial charge in [-0.05, 0) is 36.2 Å². The van der Waals surface area contributed by atoms with Crippen molar-refractivity contribution in [3.8, 4) is 34.0 Å². The molecule has 1 aromatic carbocycles. The first-order chi connectivity index (χ1) is 13.1. The molecule has 27 heavy (non-hydrogen) atoms. The van der Waals surface area contributed by atoms with Gasteiger partial charge in [-0.3, -0.25) is 0 Å².